The van der Waals surface area contributed by atoms with Crippen LogP contribution in [0.25, 0.3) is 11.6 Å². The van der Waals surface area contributed by atoms with E-state index in [-0.39, 0.29) is 24.0 Å². The summed E-state index contributed by atoms with van der Waals surface area (Å²) in [5, 5.41) is 7.61. The Morgan fingerprint density at radius 2 is 1.83 bits per heavy atom. The second kappa shape index (κ2) is 7.35. The third-order valence-electron chi connectivity index (χ3n) is 4.89. The zero-order chi connectivity index (χ0) is 21.6. The Morgan fingerprint density at radius 1 is 1.17 bits per heavy atom. The van der Waals surface area contributed by atoms with Gasteiger partial charge in [-0.2, -0.15) is 13.2 Å². The summed E-state index contributed by atoms with van der Waals surface area (Å²) in [5.41, 5.74) is 0.160. The van der Waals surface area contributed by atoms with E-state index in [0.29, 0.717) is 18.2 Å². The number of nitrogens with zero attached hydrogens (tertiary/aromatic N) is 6. The number of benzene rings is 1. The summed E-state index contributed by atoms with van der Waals surface area (Å²) in [6.45, 7) is 3.91. The van der Waals surface area contributed by atoms with Crippen molar-refractivity contribution in [2.45, 2.75) is 39.2 Å². The van der Waals surface area contributed by atoms with Gasteiger partial charge in [0, 0.05) is 31.5 Å². The average molecular weight is 437 g/mol. The number of amides is 1. The SMILES string of the molecule is Cc1cnc(-c2nnc3n2C[C@H](C)N(Cc2cccc(C(F)(F)F)c2Cl)C3=O)nc1. The molecule has 0 aliphatic carbocycles. The molecule has 1 aliphatic rings. The fourth-order valence-corrected chi connectivity index (χ4v) is 3.62. The Bertz CT molecular complexity index is 1110. The summed E-state index contributed by atoms with van der Waals surface area (Å²) in [7, 11) is 0. The molecule has 7 nitrogen and oxygen atoms in total. The highest BCUT2D eigenvalue weighted by Gasteiger charge is 2.37. The van der Waals surface area contributed by atoms with Crippen LogP contribution in [0, 0.1) is 6.92 Å². The number of carbonyl (C=O) groups is 1. The predicted molar refractivity (Wildman–Crippen MR) is 102 cm³/mol. The third kappa shape index (κ3) is 3.51. The molecule has 1 aliphatic heterocycles. The molecule has 0 saturated heterocycles. The van der Waals surface area contributed by atoms with Crippen molar-refractivity contribution in [3.8, 4) is 11.6 Å². The van der Waals surface area contributed by atoms with Gasteiger partial charge >= 0.3 is 6.18 Å². The van der Waals surface area contributed by atoms with Crippen LogP contribution in [-0.4, -0.2) is 41.6 Å². The van der Waals surface area contributed by atoms with Gasteiger partial charge in [0.1, 0.15) is 0 Å². The minimum Gasteiger partial charge on any atom is -0.327 e. The Hall–Kier alpha value is -3.01. The molecule has 0 spiro atoms. The van der Waals surface area contributed by atoms with Gasteiger partial charge < -0.3 is 4.90 Å². The van der Waals surface area contributed by atoms with Crippen LogP contribution in [0.5, 0.6) is 0 Å². The Labute approximate surface area is 174 Å². The first-order valence-electron chi connectivity index (χ1n) is 9.04. The standard InChI is InChI=1S/C19H16ClF3N6O/c1-10-6-24-15(25-7-10)16-26-27-17-18(30)28(11(2)8-29(16)17)9-12-4-3-5-13(14(12)20)19(21,22)23/h3-7,11H,8-9H2,1-2H3/t11-/m0/s1. The molecule has 3 aromatic rings. The van der Waals surface area contributed by atoms with E-state index in [9.17, 15) is 18.0 Å². The van der Waals surface area contributed by atoms with Crippen molar-refractivity contribution in [3.05, 3.63) is 58.1 Å². The number of aryl methyl sites for hydroxylation is 1. The van der Waals surface area contributed by atoms with Crippen molar-refractivity contribution in [1.29, 1.82) is 0 Å². The number of alkyl halides is 3. The monoisotopic (exact) mass is 436 g/mol. The summed E-state index contributed by atoms with van der Waals surface area (Å²) in [4.78, 5) is 22.9. The molecule has 1 amide bonds. The fourth-order valence-electron chi connectivity index (χ4n) is 3.33. The van der Waals surface area contributed by atoms with Crippen LogP contribution in [0.4, 0.5) is 13.2 Å². The molecule has 156 valence electrons. The smallest absolute Gasteiger partial charge is 0.327 e. The molecule has 11 heteroatoms. The van der Waals surface area contributed by atoms with E-state index in [4.69, 9.17) is 11.6 Å². The molecule has 3 heterocycles. The van der Waals surface area contributed by atoms with Crippen molar-refractivity contribution in [2.24, 2.45) is 0 Å². The van der Waals surface area contributed by atoms with Crippen molar-refractivity contribution < 1.29 is 18.0 Å². The van der Waals surface area contributed by atoms with Crippen LogP contribution in [0.2, 0.25) is 5.02 Å². The molecule has 0 radical (unpaired) electrons. The molecule has 4 rings (SSSR count). The number of hydrogen-bond donors (Lipinski definition) is 0. The van der Waals surface area contributed by atoms with Gasteiger partial charge in [0.15, 0.2) is 5.82 Å². The number of rotatable bonds is 3. The maximum Gasteiger partial charge on any atom is 0.417 e. The van der Waals surface area contributed by atoms with E-state index in [0.717, 1.165) is 11.6 Å². The van der Waals surface area contributed by atoms with Crippen molar-refractivity contribution in [3.63, 3.8) is 0 Å². The summed E-state index contributed by atoms with van der Waals surface area (Å²) in [5.74, 6) is 0.333. The van der Waals surface area contributed by atoms with Crippen LogP contribution in [0.1, 0.15) is 34.2 Å². The summed E-state index contributed by atoms with van der Waals surface area (Å²) in [6.07, 6.45) is -1.30. The Balaban J connectivity index is 1.65. The highest BCUT2D eigenvalue weighted by molar-refractivity contribution is 6.32. The maximum atomic E-state index is 13.1. The summed E-state index contributed by atoms with van der Waals surface area (Å²) < 4.78 is 41.1. The first kappa shape index (κ1) is 20.3. The predicted octanol–water partition coefficient (Wildman–Crippen LogP) is 3.76. The van der Waals surface area contributed by atoms with Gasteiger partial charge in [-0.15, -0.1) is 10.2 Å². The topological polar surface area (TPSA) is 76.8 Å². The normalized spacial score (nSPS) is 16.7. The van der Waals surface area contributed by atoms with Crippen molar-refractivity contribution in [1.82, 2.24) is 29.6 Å². The lowest BCUT2D eigenvalue weighted by atomic mass is 10.1. The molecule has 1 aromatic carbocycles. The zero-order valence-corrected chi connectivity index (χ0v) is 16.7. The van der Waals surface area contributed by atoms with Gasteiger partial charge in [0.2, 0.25) is 11.6 Å². The summed E-state index contributed by atoms with van der Waals surface area (Å²) >= 11 is 6.00. The van der Waals surface area contributed by atoms with E-state index < -0.39 is 22.7 Å². The van der Waals surface area contributed by atoms with Crippen molar-refractivity contribution in [2.75, 3.05) is 0 Å². The Morgan fingerprint density at radius 3 is 2.50 bits per heavy atom. The fraction of sp³-hybridized carbons (Fsp3) is 0.316. The van der Waals surface area contributed by atoms with Crippen LogP contribution in [-0.2, 0) is 19.3 Å². The summed E-state index contributed by atoms with van der Waals surface area (Å²) in [6, 6.07) is 3.33. The highest BCUT2D eigenvalue weighted by Crippen LogP contribution is 2.37. The highest BCUT2D eigenvalue weighted by atomic mass is 35.5. The molecule has 0 N–H and O–H groups in total. The van der Waals surface area contributed by atoms with Gasteiger partial charge in [0.05, 0.1) is 10.6 Å². The number of carbonyl (C=O) groups excluding carboxylic acids is 1. The molecule has 2 aromatic heterocycles. The van der Waals surface area contributed by atoms with Crippen molar-refractivity contribution >= 4 is 17.5 Å². The minimum absolute atomic E-state index is 0.0774. The van der Waals surface area contributed by atoms with Gasteiger partial charge in [-0.25, -0.2) is 9.97 Å². The third-order valence-corrected chi connectivity index (χ3v) is 5.33. The lowest BCUT2D eigenvalue weighted by molar-refractivity contribution is -0.137. The van der Waals surface area contributed by atoms with Crippen LogP contribution < -0.4 is 0 Å². The Kier molecular flexibility index (Phi) is 4.97. The lowest BCUT2D eigenvalue weighted by Gasteiger charge is -2.34. The van der Waals surface area contributed by atoms with E-state index in [1.54, 1.807) is 23.9 Å². The van der Waals surface area contributed by atoms with Crippen LogP contribution in [0.3, 0.4) is 0 Å². The first-order chi connectivity index (χ1) is 14.2. The second-order valence-corrected chi connectivity index (χ2v) is 7.48. The molecular formula is C19H16ClF3N6O. The maximum absolute atomic E-state index is 13.1. The number of hydrogen-bond acceptors (Lipinski definition) is 5. The lowest BCUT2D eigenvalue weighted by Crippen LogP contribution is -2.46. The van der Waals surface area contributed by atoms with Crippen LogP contribution in [0.15, 0.2) is 30.6 Å². The zero-order valence-electron chi connectivity index (χ0n) is 16.0. The molecule has 30 heavy (non-hydrogen) atoms. The molecule has 0 fully saturated rings. The molecule has 0 bridgehead atoms. The van der Waals surface area contributed by atoms with E-state index in [1.165, 1.54) is 17.0 Å². The van der Waals surface area contributed by atoms with Gasteiger partial charge in [0.25, 0.3) is 5.91 Å². The van der Waals surface area contributed by atoms with E-state index in [1.807, 2.05) is 6.92 Å². The second-order valence-electron chi connectivity index (χ2n) is 7.10. The van der Waals surface area contributed by atoms with E-state index >= 15 is 0 Å². The van der Waals surface area contributed by atoms with E-state index in [2.05, 4.69) is 20.2 Å². The largest absolute Gasteiger partial charge is 0.417 e. The quantitative estimate of drug-likeness (QED) is 0.624. The number of fused-ring (bicyclic) bond motifs is 1. The first-order valence-corrected chi connectivity index (χ1v) is 9.42. The number of halogens is 4. The minimum atomic E-state index is -4.58. The van der Waals surface area contributed by atoms with Gasteiger partial charge in [-0.1, -0.05) is 23.7 Å². The average Bonchev–Trinajstić information content (AvgIpc) is 3.10. The molecule has 0 saturated carbocycles. The molecule has 0 unspecified atom stereocenters. The van der Waals surface area contributed by atoms with Gasteiger partial charge in [-0.05, 0) is 31.0 Å². The number of aromatic nitrogens is 5. The molecular weight excluding hydrogens is 421 g/mol. The van der Waals surface area contributed by atoms with Gasteiger partial charge in [-0.3, -0.25) is 9.36 Å². The molecule has 1 atom stereocenters. The van der Waals surface area contributed by atoms with Crippen LogP contribution >= 0.6 is 11.6 Å².